The van der Waals surface area contributed by atoms with E-state index in [-0.39, 0.29) is 5.97 Å². The van der Waals surface area contributed by atoms with E-state index in [9.17, 15) is 4.79 Å². The third-order valence-electron chi connectivity index (χ3n) is 1.93. The molecule has 2 heteroatoms. The summed E-state index contributed by atoms with van der Waals surface area (Å²) in [5, 5.41) is 0. The van der Waals surface area contributed by atoms with Crippen LogP contribution >= 0.6 is 0 Å². The minimum Gasteiger partial charge on any atom is -0.466 e. The molecule has 0 aromatic heterocycles. The van der Waals surface area contributed by atoms with E-state index in [1.54, 1.807) is 0 Å². The molecule has 0 amide bonds. The number of carbonyl (C=O) groups is 1. The Balaban J connectivity index is 3.25. The Labute approximate surface area is 81.0 Å². The van der Waals surface area contributed by atoms with Gasteiger partial charge in [-0.2, -0.15) is 0 Å². The monoisotopic (exact) mass is 184 g/mol. The molecule has 0 aliphatic heterocycles. The molecule has 0 aliphatic carbocycles. The summed E-state index contributed by atoms with van der Waals surface area (Å²) in [6.45, 7) is 6.35. The summed E-state index contributed by atoms with van der Waals surface area (Å²) in [4.78, 5) is 10.4. The van der Waals surface area contributed by atoms with Crippen molar-refractivity contribution in [3.05, 3.63) is 12.2 Å². The molecular weight excluding hydrogens is 164 g/mol. The molecule has 0 aromatic rings. The maximum atomic E-state index is 10.4. The van der Waals surface area contributed by atoms with Gasteiger partial charge in [-0.25, -0.2) is 0 Å². The van der Waals surface area contributed by atoms with Crippen LogP contribution in [0.15, 0.2) is 12.2 Å². The Morgan fingerprint density at radius 2 is 2.23 bits per heavy atom. The van der Waals surface area contributed by atoms with Gasteiger partial charge in [0, 0.05) is 6.92 Å². The van der Waals surface area contributed by atoms with Gasteiger partial charge in [-0.05, 0) is 18.8 Å². The molecule has 0 bridgehead atoms. The Morgan fingerprint density at radius 1 is 1.54 bits per heavy atom. The fourth-order valence-electron chi connectivity index (χ4n) is 0.882. The van der Waals surface area contributed by atoms with Crippen molar-refractivity contribution in [1.29, 1.82) is 0 Å². The number of carbonyl (C=O) groups excluding carboxylic acids is 1. The van der Waals surface area contributed by atoms with E-state index in [2.05, 4.69) is 26.0 Å². The topological polar surface area (TPSA) is 26.3 Å². The summed E-state index contributed by atoms with van der Waals surface area (Å²) in [5.74, 6) is 0.472. The average Bonchev–Trinajstić information content (AvgIpc) is 2.10. The number of unbranched alkanes of at least 4 members (excludes halogenated alkanes) is 1. The highest BCUT2D eigenvalue weighted by atomic mass is 16.5. The zero-order valence-electron chi connectivity index (χ0n) is 8.88. The Morgan fingerprint density at radius 3 is 2.77 bits per heavy atom. The quantitative estimate of drug-likeness (QED) is 0.360. The first kappa shape index (κ1) is 12.2. The van der Waals surface area contributed by atoms with Crippen LogP contribution in [-0.4, -0.2) is 12.6 Å². The number of rotatable bonds is 6. The van der Waals surface area contributed by atoms with E-state index in [0.717, 1.165) is 12.8 Å². The van der Waals surface area contributed by atoms with Crippen molar-refractivity contribution >= 4 is 5.97 Å². The molecule has 0 saturated carbocycles. The minimum atomic E-state index is -0.189. The molecular formula is C11H20O2. The molecule has 0 heterocycles. The molecule has 0 fully saturated rings. The summed E-state index contributed by atoms with van der Waals surface area (Å²) in [7, 11) is 0. The molecule has 76 valence electrons. The first-order valence-electron chi connectivity index (χ1n) is 4.96. The number of hydrogen-bond donors (Lipinski definition) is 0. The summed E-state index contributed by atoms with van der Waals surface area (Å²) in [6.07, 6.45) is 7.48. The highest BCUT2D eigenvalue weighted by Crippen LogP contribution is 2.03. The number of hydrogen-bond acceptors (Lipinski definition) is 2. The van der Waals surface area contributed by atoms with Gasteiger partial charge in [-0.15, -0.1) is 0 Å². The van der Waals surface area contributed by atoms with E-state index in [4.69, 9.17) is 4.74 Å². The van der Waals surface area contributed by atoms with Crippen LogP contribution in [0.4, 0.5) is 0 Å². The highest BCUT2D eigenvalue weighted by molar-refractivity contribution is 5.65. The minimum absolute atomic E-state index is 0.189. The second-order valence-electron chi connectivity index (χ2n) is 3.30. The molecule has 1 unspecified atom stereocenters. The molecule has 2 nitrogen and oxygen atoms in total. The molecule has 0 aromatic carbocycles. The van der Waals surface area contributed by atoms with Crippen LogP contribution in [0.25, 0.3) is 0 Å². The predicted molar refractivity (Wildman–Crippen MR) is 54.5 cm³/mol. The zero-order valence-corrected chi connectivity index (χ0v) is 8.88. The Bertz CT molecular complexity index is 161. The molecule has 0 radical (unpaired) electrons. The van der Waals surface area contributed by atoms with Gasteiger partial charge >= 0.3 is 5.97 Å². The standard InChI is InChI=1S/C11H20O2/c1-4-10(2)8-6-5-7-9-13-11(3)12/h6,8,10H,4-5,7,9H2,1-3H3/b8-6+. The van der Waals surface area contributed by atoms with Crippen molar-refractivity contribution in [2.75, 3.05) is 6.61 Å². The lowest BCUT2D eigenvalue weighted by Crippen LogP contribution is -1.99. The van der Waals surface area contributed by atoms with Crippen molar-refractivity contribution in [3.8, 4) is 0 Å². The van der Waals surface area contributed by atoms with Crippen LogP contribution in [0.3, 0.4) is 0 Å². The lowest BCUT2D eigenvalue weighted by molar-refractivity contribution is -0.141. The van der Waals surface area contributed by atoms with E-state index < -0.39 is 0 Å². The lowest BCUT2D eigenvalue weighted by atomic mass is 10.1. The SMILES string of the molecule is CCC(C)/C=C/CCCOC(C)=O. The zero-order chi connectivity index (χ0) is 10.1. The van der Waals surface area contributed by atoms with Crippen molar-refractivity contribution in [2.24, 2.45) is 5.92 Å². The second kappa shape index (κ2) is 7.84. The molecule has 0 aliphatic rings. The van der Waals surface area contributed by atoms with E-state index in [0.29, 0.717) is 12.5 Å². The van der Waals surface area contributed by atoms with Crippen molar-refractivity contribution in [2.45, 2.75) is 40.0 Å². The van der Waals surface area contributed by atoms with Crippen LogP contribution in [-0.2, 0) is 9.53 Å². The van der Waals surface area contributed by atoms with Crippen LogP contribution in [0.2, 0.25) is 0 Å². The summed E-state index contributed by atoms with van der Waals surface area (Å²) in [6, 6.07) is 0. The fraction of sp³-hybridized carbons (Fsp3) is 0.727. The summed E-state index contributed by atoms with van der Waals surface area (Å²) < 4.78 is 4.80. The van der Waals surface area contributed by atoms with Gasteiger partial charge in [-0.1, -0.05) is 32.4 Å². The van der Waals surface area contributed by atoms with Crippen molar-refractivity contribution in [3.63, 3.8) is 0 Å². The second-order valence-corrected chi connectivity index (χ2v) is 3.30. The van der Waals surface area contributed by atoms with Gasteiger partial charge in [0.05, 0.1) is 6.61 Å². The maximum Gasteiger partial charge on any atom is 0.302 e. The normalized spacial score (nSPS) is 13.2. The number of ether oxygens (including phenoxy) is 1. The Hall–Kier alpha value is -0.790. The largest absolute Gasteiger partial charge is 0.466 e. The first-order valence-corrected chi connectivity index (χ1v) is 4.96. The van der Waals surface area contributed by atoms with E-state index in [1.807, 2.05) is 0 Å². The molecule has 0 rings (SSSR count). The predicted octanol–water partition coefficient (Wildman–Crippen LogP) is 2.93. The van der Waals surface area contributed by atoms with Crippen molar-refractivity contribution < 1.29 is 9.53 Å². The van der Waals surface area contributed by atoms with Crippen LogP contribution in [0.5, 0.6) is 0 Å². The number of allylic oxidation sites excluding steroid dienone is 2. The van der Waals surface area contributed by atoms with Gasteiger partial charge in [0.25, 0.3) is 0 Å². The smallest absolute Gasteiger partial charge is 0.302 e. The third-order valence-corrected chi connectivity index (χ3v) is 1.93. The molecule has 1 atom stereocenters. The third kappa shape index (κ3) is 9.12. The summed E-state index contributed by atoms with van der Waals surface area (Å²) >= 11 is 0. The van der Waals surface area contributed by atoms with Gasteiger partial charge in [-0.3, -0.25) is 4.79 Å². The van der Waals surface area contributed by atoms with E-state index >= 15 is 0 Å². The maximum absolute atomic E-state index is 10.4. The van der Waals surface area contributed by atoms with Gasteiger partial charge < -0.3 is 4.74 Å². The molecule has 0 saturated heterocycles. The first-order chi connectivity index (χ1) is 6.16. The van der Waals surface area contributed by atoms with Crippen LogP contribution in [0, 0.1) is 5.92 Å². The van der Waals surface area contributed by atoms with E-state index in [1.165, 1.54) is 13.3 Å². The molecule has 0 spiro atoms. The molecule has 0 N–H and O–H groups in total. The van der Waals surface area contributed by atoms with Gasteiger partial charge in [0.15, 0.2) is 0 Å². The Kier molecular flexibility index (Phi) is 7.36. The van der Waals surface area contributed by atoms with Gasteiger partial charge in [0.1, 0.15) is 0 Å². The fourth-order valence-corrected chi connectivity index (χ4v) is 0.882. The van der Waals surface area contributed by atoms with Crippen LogP contribution < -0.4 is 0 Å². The van der Waals surface area contributed by atoms with Crippen molar-refractivity contribution in [1.82, 2.24) is 0 Å². The van der Waals surface area contributed by atoms with Crippen LogP contribution in [0.1, 0.15) is 40.0 Å². The highest BCUT2D eigenvalue weighted by Gasteiger charge is 1.92. The average molecular weight is 184 g/mol. The number of esters is 1. The summed E-state index contributed by atoms with van der Waals surface area (Å²) in [5.41, 5.74) is 0. The lowest BCUT2D eigenvalue weighted by Gasteiger charge is -2.00. The molecule has 13 heavy (non-hydrogen) atoms. The van der Waals surface area contributed by atoms with Gasteiger partial charge in [0.2, 0.25) is 0 Å².